The molecule has 0 aliphatic carbocycles. The van der Waals surface area contributed by atoms with Gasteiger partial charge in [-0.15, -0.1) is 0 Å². The van der Waals surface area contributed by atoms with E-state index in [-0.39, 0.29) is 0 Å². The van der Waals surface area contributed by atoms with Crippen LogP contribution in [0.5, 0.6) is 0 Å². The maximum Gasteiger partial charge on any atom is 0.0297 e. The number of hydrogen-bond acceptors (Lipinski definition) is 4. The van der Waals surface area contributed by atoms with Crippen molar-refractivity contribution in [1.82, 2.24) is 0 Å². The molecule has 0 amide bonds. The molecule has 0 aliphatic heterocycles. The molecule has 90 valence electrons. The van der Waals surface area contributed by atoms with Crippen LogP contribution in [0, 0.1) is 0 Å². The molecule has 0 unspecified atom stereocenters. The second kappa shape index (κ2) is 7.85. The molecule has 16 heavy (non-hydrogen) atoms. The van der Waals surface area contributed by atoms with E-state index in [9.17, 15) is 0 Å². The van der Waals surface area contributed by atoms with Crippen LogP contribution in [0.3, 0.4) is 0 Å². The Hall–Kier alpha value is 0.620. The van der Waals surface area contributed by atoms with Crippen molar-refractivity contribution in [1.29, 1.82) is 0 Å². The average molecular weight is 291 g/mol. The number of hydrogen-bond donors (Lipinski definition) is 0. The van der Waals surface area contributed by atoms with Gasteiger partial charge in [0.1, 0.15) is 0 Å². The topological polar surface area (TPSA) is 0 Å². The molecule has 0 heterocycles. The molecule has 0 nitrogen and oxygen atoms in total. The molecule has 0 aromatic heterocycles. The number of rotatable bonds is 7. The molecule has 0 aliphatic rings. The van der Waals surface area contributed by atoms with Gasteiger partial charge in [0.2, 0.25) is 0 Å². The molecule has 0 saturated carbocycles. The molecule has 0 N–H and O–H groups in total. The van der Waals surface area contributed by atoms with E-state index < -0.39 is 0 Å². The van der Waals surface area contributed by atoms with E-state index in [1.54, 1.807) is 0 Å². The SMILES string of the molecule is CCC(C)(C)SSSSCc1ccccc1. The van der Waals surface area contributed by atoms with Crippen molar-refractivity contribution in [2.75, 3.05) is 0 Å². The molecule has 0 fully saturated rings. The van der Waals surface area contributed by atoms with Crippen LogP contribution in [0.2, 0.25) is 0 Å². The first-order chi connectivity index (χ1) is 7.64. The highest BCUT2D eigenvalue weighted by atomic mass is 33.7. The Kier molecular flexibility index (Phi) is 7.20. The van der Waals surface area contributed by atoms with Gasteiger partial charge in [-0.3, -0.25) is 0 Å². The minimum Gasteiger partial charge on any atom is -0.0769 e. The van der Waals surface area contributed by atoms with Crippen LogP contribution in [0.1, 0.15) is 32.8 Å². The maximum atomic E-state index is 2.30. The van der Waals surface area contributed by atoms with Gasteiger partial charge in [-0.1, -0.05) is 58.8 Å². The molecule has 4 heteroatoms. The second-order valence-corrected chi connectivity index (χ2v) is 10.6. The summed E-state index contributed by atoms with van der Waals surface area (Å²) in [7, 11) is 7.68. The number of benzene rings is 1. The summed E-state index contributed by atoms with van der Waals surface area (Å²) in [6.07, 6.45) is 1.22. The summed E-state index contributed by atoms with van der Waals surface area (Å²) in [5.41, 5.74) is 1.40. The third-order valence-electron chi connectivity index (χ3n) is 2.26. The fourth-order valence-electron chi connectivity index (χ4n) is 0.851. The van der Waals surface area contributed by atoms with Crippen molar-refractivity contribution in [3.63, 3.8) is 0 Å². The standard InChI is InChI=1S/C12H18S4/c1-4-12(2,3)14-16-15-13-10-11-8-6-5-7-9-11/h5-9H,4,10H2,1-3H3. The van der Waals surface area contributed by atoms with E-state index in [4.69, 9.17) is 0 Å². The molecule has 1 aromatic rings. The molecule has 0 atom stereocenters. The van der Waals surface area contributed by atoms with Gasteiger partial charge in [0, 0.05) is 10.5 Å². The highest BCUT2D eigenvalue weighted by Gasteiger charge is 2.15. The van der Waals surface area contributed by atoms with E-state index in [0.717, 1.165) is 5.75 Å². The summed E-state index contributed by atoms with van der Waals surface area (Å²) >= 11 is 0. The summed E-state index contributed by atoms with van der Waals surface area (Å²) in [6.45, 7) is 6.84. The van der Waals surface area contributed by atoms with E-state index >= 15 is 0 Å². The van der Waals surface area contributed by atoms with Crippen LogP contribution in [-0.4, -0.2) is 4.75 Å². The molecule has 1 aromatic carbocycles. The van der Waals surface area contributed by atoms with Crippen LogP contribution in [-0.2, 0) is 5.75 Å². The van der Waals surface area contributed by atoms with Crippen LogP contribution in [0.25, 0.3) is 0 Å². The normalized spacial score (nSPS) is 11.7. The summed E-state index contributed by atoms with van der Waals surface area (Å²) in [6, 6.07) is 10.6. The van der Waals surface area contributed by atoms with Gasteiger partial charge < -0.3 is 0 Å². The maximum absolute atomic E-state index is 2.30. The largest absolute Gasteiger partial charge is 0.0769 e. The summed E-state index contributed by atoms with van der Waals surface area (Å²) in [5, 5.41) is 0. The predicted octanol–water partition coefficient (Wildman–Crippen LogP) is 6.05. The lowest BCUT2D eigenvalue weighted by Gasteiger charge is -2.19. The summed E-state index contributed by atoms with van der Waals surface area (Å²) < 4.78 is 0.394. The molecule has 0 bridgehead atoms. The quantitative estimate of drug-likeness (QED) is 0.442. The zero-order valence-electron chi connectivity index (χ0n) is 9.93. The van der Waals surface area contributed by atoms with E-state index in [1.165, 1.54) is 12.0 Å². The average Bonchev–Trinajstić information content (AvgIpc) is 2.30. The third kappa shape index (κ3) is 6.38. The van der Waals surface area contributed by atoms with E-state index in [2.05, 4.69) is 51.1 Å². The van der Waals surface area contributed by atoms with Gasteiger partial charge in [-0.05, 0) is 45.5 Å². The fraction of sp³-hybridized carbons (Fsp3) is 0.500. The van der Waals surface area contributed by atoms with Gasteiger partial charge in [0.15, 0.2) is 0 Å². The summed E-state index contributed by atoms with van der Waals surface area (Å²) in [4.78, 5) is 0. The molecule has 0 spiro atoms. The van der Waals surface area contributed by atoms with E-state index in [1.807, 2.05) is 41.2 Å². The highest BCUT2D eigenvalue weighted by molar-refractivity contribution is 9.26. The van der Waals surface area contributed by atoms with Crippen LogP contribution in [0.4, 0.5) is 0 Å². The Morgan fingerprint density at radius 3 is 2.38 bits per heavy atom. The van der Waals surface area contributed by atoms with Crippen LogP contribution >= 0.6 is 41.2 Å². The predicted molar refractivity (Wildman–Crippen MR) is 84.9 cm³/mol. The zero-order chi connectivity index (χ0) is 11.9. The van der Waals surface area contributed by atoms with Crippen molar-refractivity contribution >= 4 is 41.2 Å². The Balaban J connectivity index is 2.09. The van der Waals surface area contributed by atoms with Crippen molar-refractivity contribution in [2.45, 2.75) is 37.7 Å². The van der Waals surface area contributed by atoms with Crippen molar-refractivity contribution in [3.8, 4) is 0 Å². The Bertz CT molecular complexity index is 284. The zero-order valence-corrected chi connectivity index (χ0v) is 13.2. The fourth-order valence-corrected chi connectivity index (χ4v) is 7.76. The smallest absolute Gasteiger partial charge is 0.0297 e. The Morgan fingerprint density at radius 2 is 1.75 bits per heavy atom. The highest BCUT2D eigenvalue weighted by Crippen LogP contribution is 2.50. The van der Waals surface area contributed by atoms with Gasteiger partial charge in [-0.25, -0.2) is 0 Å². The van der Waals surface area contributed by atoms with Gasteiger partial charge in [0.05, 0.1) is 0 Å². The first-order valence-corrected chi connectivity index (χ1v) is 10.3. The Labute approximate surface area is 114 Å². The Morgan fingerprint density at radius 1 is 1.06 bits per heavy atom. The molecule has 0 radical (unpaired) electrons. The van der Waals surface area contributed by atoms with Gasteiger partial charge >= 0.3 is 0 Å². The first kappa shape index (κ1) is 14.7. The van der Waals surface area contributed by atoms with Gasteiger partial charge in [0.25, 0.3) is 0 Å². The molecule has 1 rings (SSSR count). The lowest BCUT2D eigenvalue weighted by Crippen LogP contribution is -2.09. The minimum absolute atomic E-state index is 0.394. The molecule has 0 saturated heterocycles. The van der Waals surface area contributed by atoms with Crippen molar-refractivity contribution in [3.05, 3.63) is 35.9 Å². The van der Waals surface area contributed by atoms with Crippen molar-refractivity contribution in [2.24, 2.45) is 0 Å². The second-order valence-electron chi connectivity index (χ2n) is 4.08. The van der Waals surface area contributed by atoms with Crippen molar-refractivity contribution < 1.29 is 0 Å². The monoisotopic (exact) mass is 290 g/mol. The molecular weight excluding hydrogens is 272 g/mol. The first-order valence-electron chi connectivity index (χ1n) is 5.32. The minimum atomic E-state index is 0.394. The van der Waals surface area contributed by atoms with Crippen LogP contribution < -0.4 is 0 Å². The summed E-state index contributed by atoms with van der Waals surface area (Å²) in [5.74, 6) is 1.09. The lowest BCUT2D eigenvalue weighted by molar-refractivity contribution is 0.690. The van der Waals surface area contributed by atoms with E-state index in [0.29, 0.717) is 4.75 Å². The lowest BCUT2D eigenvalue weighted by atomic mass is 10.1. The van der Waals surface area contributed by atoms with Gasteiger partial charge in [-0.2, -0.15) is 0 Å². The van der Waals surface area contributed by atoms with Crippen LogP contribution in [0.15, 0.2) is 30.3 Å². The molecular formula is C12H18S4. The third-order valence-corrected chi connectivity index (χ3v) is 9.51.